The van der Waals surface area contributed by atoms with Crippen LogP contribution in [0.5, 0.6) is 5.75 Å². The number of para-hydroxylation sites is 1. The van der Waals surface area contributed by atoms with Gasteiger partial charge in [-0.1, -0.05) is 37.5 Å². The van der Waals surface area contributed by atoms with Crippen molar-refractivity contribution >= 4 is 0 Å². The van der Waals surface area contributed by atoms with E-state index in [4.69, 9.17) is 15.2 Å². The van der Waals surface area contributed by atoms with Crippen LogP contribution in [-0.4, -0.2) is 18.3 Å². The lowest BCUT2D eigenvalue weighted by Gasteiger charge is -2.43. The molecule has 2 N–H and O–H groups in total. The third kappa shape index (κ3) is 3.41. The van der Waals surface area contributed by atoms with E-state index in [-0.39, 0.29) is 17.7 Å². The molecule has 1 unspecified atom stereocenters. The average Bonchev–Trinajstić information content (AvgIpc) is 2.48. The van der Waals surface area contributed by atoms with Crippen LogP contribution in [-0.2, 0) is 4.74 Å². The van der Waals surface area contributed by atoms with Gasteiger partial charge in [0.2, 0.25) is 0 Å². The van der Waals surface area contributed by atoms with E-state index in [2.05, 4.69) is 6.07 Å². The minimum Gasteiger partial charge on any atom is -0.490 e. The largest absolute Gasteiger partial charge is 0.490 e. The molecule has 3 nitrogen and oxygen atoms in total. The lowest BCUT2D eigenvalue weighted by atomic mass is 9.79. The first kappa shape index (κ1) is 14.9. The molecule has 21 heavy (non-hydrogen) atoms. The van der Waals surface area contributed by atoms with Crippen molar-refractivity contribution in [3.05, 3.63) is 29.8 Å². The van der Waals surface area contributed by atoms with E-state index in [9.17, 15) is 0 Å². The van der Waals surface area contributed by atoms with Crippen molar-refractivity contribution in [2.45, 2.75) is 69.6 Å². The zero-order valence-corrected chi connectivity index (χ0v) is 13.0. The van der Waals surface area contributed by atoms with Gasteiger partial charge in [0.1, 0.15) is 11.9 Å². The molecule has 1 heterocycles. The van der Waals surface area contributed by atoms with Crippen LogP contribution in [0.15, 0.2) is 24.3 Å². The molecule has 1 saturated carbocycles. The Morgan fingerprint density at radius 2 is 2.00 bits per heavy atom. The molecule has 0 amide bonds. The van der Waals surface area contributed by atoms with E-state index in [1.807, 2.05) is 25.1 Å². The van der Waals surface area contributed by atoms with Gasteiger partial charge in [0, 0.05) is 24.4 Å². The van der Waals surface area contributed by atoms with E-state index in [1.54, 1.807) is 0 Å². The predicted octanol–water partition coefficient (Wildman–Crippen LogP) is 3.97. The second-order valence-corrected chi connectivity index (χ2v) is 6.65. The summed E-state index contributed by atoms with van der Waals surface area (Å²) in [6.07, 6.45) is 8.60. The Balaban J connectivity index is 1.70. The quantitative estimate of drug-likeness (QED) is 0.915. The molecule has 2 aliphatic rings. The number of rotatable bonds is 3. The molecule has 0 aromatic heterocycles. The zero-order chi connectivity index (χ0) is 14.7. The van der Waals surface area contributed by atoms with E-state index in [0.717, 1.165) is 30.8 Å². The Bertz CT molecular complexity index is 461. The molecule has 2 fully saturated rings. The summed E-state index contributed by atoms with van der Waals surface area (Å²) < 4.78 is 12.5. The lowest BCUT2D eigenvalue weighted by Crippen LogP contribution is -2.45. The molecule has 116 valence electrons. The van der Waals surface area contributed by atoms with E-state index < -0.39 is 0 Å². The number of hydrogen-bond acceptors (Lipinski definition) is 3. The van der Waals surface area contributed by atoms with Crippen molar-refractivity contribution in [1.82, 2.24) is 0 Å². The Hall–Kier alpha value is -1.06. The molecule has 1 saturated heterocycles. The normalized spacial score (nSPS) is 26.5. The minimum absolute atomic E-state index is 0.00433. The first-order chi connectivity index (χ1) is 10.2. The number of hydrogen-bond donors (Lipinski definition) is 1. The second kappa shape index (κ2) is 6.37. The third-order valence-corrected chi connectivity index (χ3v) is 4.92. The van der Waals surface area contributed by atoms with Crippen LogP contribution in [0.4, 0.5) is 0 Å². The van der Waals surface area contributed by atoms with Gasteiger partial charge < -0.3 is 15.2 Å². The summed E-state index contributed by atoms with van der Waals surface area (Å²) >= 11 is 0. The molecule has 1 aromatic carbocycles. The monoisotopic (exact) mass is 289 g/mol. The van der Waals surface area contributed by atoms with Crippen molar-refractivity contribution in [3.63, 3.8) is 0 Å². The van der Waals surface area contributed by atoms with Crippen LogP contribution in [0.2, 0.25) is 0 Å². The van der Waals surface area contributed by atoms with Crippen LogP contribution in [0, 0.1) is 0 Å². The van der Waals surface area contributed by atoms with Crippen LogP contribution in [0.25, 0.3) is 0 Å². The van der Waals surface area contributed by atoms with Gasteiger partial charge in [-0.2, -0.15) is 0 Å². The zero-order valence-electron chi connectivity index (χ0n) is 13.0. The smallest absolute Gasteiger partial charge is 0.124 e. The fourth-order valence-electron chi connectivity index (χ4n) is 3.77. The van der Waals surface area contributed by atoms with Crippen LogP contribution in [0.1, 0.15) is 63.5 Å². The number of ether oxygens (including phenoxy) is 2. The average molecular weight is 289 g/mol. The highest BCUT2D eigenvalue weighted by Crippen LogP contribution is 2.40. The van der Waals surface area contributed by atoms with Gasteiger partial charge in [0.15, 0.2) is 0 Å². The Morgan fingerprint density at radius 1 is 1.24 bits per heavy atom. The predicted molar refractivity (Wildman–Crippen MR) is 84.5 cm³/mol. The van der Waals surface area contributed by atoms with Gasteiger partial charge in [-0.15, -0.1) is 0 Å². The van der Waals surface area contributed by atoms with Gasteiger partial charge in [-0.25, -0.2) is 0 Å². The van der Waals surface area contributed by atoms with Crippen LogP contribution in [0.3, 0.4) is 0 Å². The fraction of sp³-hybridized carbons (Fsp3) is 0.667. The molecule has 2 atom stereocenters. The summed E-state index contributed by atoms with van der Waals surface area (Å²) in [5.41, 5.74) is 7.24. The summed E-state index contributed by atoms with van der Waals surface area (Å²) in [6.45, 7) is 2.83. The molecule has 1 aromatic rings. The van der Waals surface area contributed by atoms with E-state index in [0.29, 0.717) is 0 Å². The van der Waals surface area contributed by atoms with Gasteiger partial charge in [-0.05, 0) is 25.8 Å². The highest BCUT2D eigenvalue weighted by molar-refractivity contribution is 5.35. The maximum absolute atomic E-state index is 6.32. The molecule has 1 aliphatic carbocycles. The first-order valence-electron chi connectivity index (χ1n) is 8.34. The number of nitrogens with two attached hydrogens (primary N) is 1. The molecule has 1 aliphatic heterocycles. The standard InChI is InChI=1S/C18H27NO2/c1-14(19)16-7-3-4-8-17(16)21-15-9-12-20-18(13-15)10-5-2-6-11-18/h3-4,7-8,14-15H,2,5-6,9-13,19H2,1H3/t14-,15?/m1/s1. The van der Waals surface area contributed by atoms with Gasteiger partial charge in [0.25, 0.3) is 0 Å². The first-order valence-corrected chi connectivity index (χ1v) is 8.34. The molecular weight excluding hydrogens is 262 g/mol. The summed E-state index contributed by atoms with van der Waals surface area (Å²) in [7, 11) is 0. The topological polar surface area (TPSA) is 44.5 Å². The Labute approximate surface area is 127 Å². The SMILES string of the molecule is C[C@@H](N)c1ccccc1OC1CCOC2(CCCCC2)C1. The molecule has 3 rings (SSSR count). The molecule has 1 spiro atoms. The summed E-state index contributed by atoms with van der Waals surface area (Å²) in [6, 6.07) is 8.16. The molecule has 3 heteroatoms. The Kier molecular flexibility index (Phi) is 4.51. The van der Waals surface area contributed by atoms with Gasteiger partial charge >= 0.3 is 0 Å². The van der Waals surface area contributed by atoms with Gasteiger partial charge in [-0.3, -0.25) is 0 Å². The third-order valence-electron chi connectivity index (χ3n) is 4.92. The second-order valence-electron chi connectivity index (χ2n) is 6.65. The van der Waals surface area contributed by atoms with Crippen molar-refractivity contribution < 1.29 is 9.47 Å². The summed E-state index contributed by atoms with van der Waals surface area (Å²) in [5, 5.41) is 0. The van der Waals surface area contributed by atoms with E-state index in [1.165, 1.54) is 32.1 Å². The lowest BCUT2D eigenvalue weighted by molar-refractivity contribution is -0.129. The maximum Gasteiger partial charge on any atom is 0.124 e. The van der Waals surface area contributed by atoms with Crippen LogP contribution >= 0.6 is 0 Å². The highest BCUT2D eigenvalue weighted by atomic mass is 16.5. The maximum atomic E-state index is 6.32. The minimum atomic E-state index is 0.00433. The fourth-order valence-corrected chi connectivity index (χ4v) is 3.77. The summed E-state index contributed by atoms with van der Waals surface area (Å²) in [5.74, 6) is 0.949. The highest BCUT2D eigenvalue weighted by Gasteiger charge is 2.39. The summed E-state index contributed by atoms with van der Waals surface area (Å²) in [4.78, 5) is 0. The van der Waals surface area contributed by atoms with E-state index >= 15 is 0 Å². The molecular formula is C18H27NO2. The van der Waals surface area contributed by atoms with Crippen molar-refractivity contribution in [3.8, 4) is 5.75 Å². The Morgan fingerprint density at radius 3 is 2.76 bits per heavy atom. The molecule has 0 bridgehead atoms. The number of benzene rings is 1. The molecule has 0 radical (unpaired) electrons. The van der Waals surface area contributed by atoms with Gasteiger partial charge in [0.05, 0.1) is 12.2 Å². The van der Waals surface area contributed by atoms with Crippen molar-refractivity contribution in [2.24, 2.45) is 5.73 Å². The van der Waals surface area contributed by atoms with Crippen molar-refractivity contribution in [2.75, 3.05) is 6.61 Å². The van der Waals surface area contributed by atoms with Crippen LogP contribution < -0.4 is 10.5 Å². The van der Waals surface area contributed by atoms with Crippen molar-refractivity contribution in [1.29, 1.82) is 0 Å².